The molecule has 114 valence electrons. The molecule has 0 bridgehead atoms. The Balaban J connectivity index is 2.36. The maximum atomic E-state index is 6.20. The number of rotatable bonds is 6. The number of likely N-dealkylation sites (N-methyl/N-ethyl adjacent to an activating group) is 1. The van der Waals surface area contributed by atoms with E-state index in [-0.39, 0.29) is 5.54 Å². The number of hydrogen-bond acceptors (Lipinski definition) is 3. The maximum Gasteiger partial charge on any atom is 0.0723 e. The van der Waals surface area contributed by atoms with E-state index in [1.165, 1.54) is 25.8 Å². The summed E-state index contributed by atoms with van der Waals surface area (Å²) in [6.45, 7) is 14.2. The summed E-state index contributed by atoms with van der Waals surface area (Å²) in [5.41, 5.74) is 0.165. The van der Waals surface area contributed by atoms with Crippen molar-refractivity contribution >= 4 is 0 Å². The molecule has 0 saturated carbocycles. The van der Waals surface area contributed by atoms with E-state index in [1.807, 2.05) is 0 Å². The first-order valence-corrected chi connectivity index (χ1v) is 7.86. The lowest BCUT2D eigenvalue weighted by Gasteiger charge is -2.34. The van der Waals surface area contributed by atoms with Crippen molar-refractivity contribution in [2.24, 2.45) is 5.92 Å². The molecule has 3 nitrogen and oxygen atoms in total. The predicted molar refractivity (Wildman–Crippen MR) is 82.6 cm³/mol. The molecule has 0 aromatic rings. The number of nitrogens with one attached hydrogen (secondary N) is 1. The molecule has 2 unspecified atom stereocenters. The van der Waals surface area contributed by atoms with Crippen LogP contribution >= 0.6 is 0 Å². The maximum absolute atomic E-state index is 6.20. The summed E-state index contributed by atoms with van der Waals surface area (Å²) in [4.78, 5) is 2.46. The van der Waals surface area contributed by atoms with Gasteiger partial charge < -0.3 is 15.0 Å². The smallest absolute Gasteiger partial charge is 0.0723 e. The van der Waals surface area contributed by atoms with Gasteiger partial charge in [-0.3, -0.25) is 0 Å². The van der Waals surface area contributed by atoms with Gasteiger partial charge in [0.1, 0.15) is 0 Å². The lowest BCUT2D eigenvalue weighted by molar-refractivity contribution is -0.0186. The highest BCUT2D eigenvalue weighted by Crippen LogP contribution is 2.17. The molecule has 0 amide bonds. The fourth-order valence-corrected chi connectivity index (χ4v) is 2.48. The molecule has 0 radical (unpaired) electrons. The third-order valence-electron chi connectivity index (χ3n) is 4.00. The van der Waals surface area contributed by atoms with Gasteiger partial charge in [0.25, 0.3) is 0 Å². The molecule has 1 aliphatic heterocycles. The summed E-state index contributed by atoms with van der Waals surface area (Å²) in [5, 5.41) is 3.56. The van der Waals surface area contributed by atoms with Crippen LogP contribution in [0.25, 0.3) is 0 Å². The van der Waals surface area contributed by atoms with Gasteiger partial charge in [-0.25, -0.2) is 0 Å². The van der Waals surface area contributed by atoms with Crippen molar-refractivity contribution in [2.45, 2.75) is 71.6 Å². The highest BCUT2D eigenvalue weighted by Gasteiger charge is 2.23. The van der Waals surface area contributed by atoms with Crippen LogP contribution in [0.4, 0.5) is 0 Å². The second kappa shape index (κ2) is 7.61. The Hall–Kier alpha value is -0.120. The fraction of sp³-hybridized carbons (Fsp3) is 1.00. The number of nitrogens with zero attached hydrogens (tertiary/aromatic N) is 1. The monoisotopic (exact) mass is 270 g/mol. The molecule has 1 fully saturated rings. The van der Waals surface area contributed by atoms with Gasteiger partial charge in [0.2, 0.25) is 0 Å². The first-order valence-electron chi connectivity index (χ1n) is 7.86. The topological polar surface area (TPSA) is 24.5 Å². The lowest BCUT2D eigenvalue weighted by Crippen LogP contribution is -2.45. The van der Waals surface area contributed by atoms with Gasteiger partial charge in [0.15, 0.2) is 0 Å². The van der Waals surface area contributed by atoms with E-state index in [1.54, 1.807) is 0 Å². The molecule has 1 N–H and O–H groups in total. The molecule has 0 aliphatic carbocycles. The van der Waals surface area contributed by atoms with Crippen molar-refractivity contribution in [1.82, 2.24) is 10.2 Å². The van der Waals surface area contributed by atoms with Crippen LogP contribution in [0.2, 0.25) is 0 Å². The zero-order chi connectivity index (χ0) is 14.5. The molecular weight excluding hydrogens is 236 g/mol. The molecule has 19 heavy (non-hydrogen) atoms. The van der Waals surface area contributed by atoms with E-state index in [2.05, 4.69) is 51.9 Å². The zero-order valence-corrected chi connectivity index (χ0v) is 13.8. The van der Waals surface area contributed by atoms with Crippen LogP contribution in [0, 0.1) is 5.92 Å². The quantitative estimate of drug-likeness (QED) is 0.803. The second-order valence-electron chi connectivity index (χ2n) is 7.38. The number of hydrogen-bond donors (Lipinski definition) is 1. The van der Waals surface area contributed by atoms with Gasteiger partial charge in [-0.2, -0.15) is 0 Å². The van der Waals surface area contributed by atoms with Gasteiger partial charge in [-0.05, 0) is 53.1 Å². The van der Waals surface area contributed by atoms with Crippen molar-refractivity contribution in [3.8, 4) is 0 Å². The number of likely N-dealkylation sites (tertiary alicyclic amines) is 1. The largest absolute Gasteiger partial charge is 0.375 e. The Morgan fingerprint density at radius 3 is 2.47 bits per heavy atom. The minimum absolute atomic E-state index is 0.165. The van der Waals surface area contributed by atoms with E-state index in [0.717, 1.165) is 13.2 Å². The second-order valence-corrected chi connectivity index (χ2v) is 7.38. The highest BCUT2D eigenvalue weighted by atomic mass is 16.5. The summed E-state index contributed by atoms with van der Waals surface area (Å²) in [6, 6.07) is 0.615. The van der Waals surface area contributed by atoms with Crippen LogP contribution in [0.3, 0.4) is 0 Å². The Labute approximate surface area is 120 Å². The highest BCUT2D eigenvalue weighted by molar-refractivity contribution is 4.78. The molecule has 0 aromatic carbocycles. The van der Waals surface area contributed by atoms with Crippen LogP contribution in [-0.2, 0) is 4.74 Å². The summed E-state index contributed by atoms with van der Waals surface area (Å²) < 4.78 is 6.20. The van der Waals surface area contributed by atoms with Crippen LogP contribution < -0.4 is 5.32 Å². The van der Waals surface area contributed by atoms with Crippen LogP contribution in [0.15, 0.2) is 0 Å². The van der Waals surface area contributed by atoms with Crippen LogP contribution in [-0.4, -0.2) is 49.3 Å². The fourth-order valence-electron chi connectivity index (χ4n) is 2.48. The van der Waals surface area contributed by atoms with E-state index >= 15 is 0 Å². The molecule has 1 aliphatic rings. The summed E-state index contributed by atoms with van der Waals surface area (Å²) in [6.07, 6.45) is 4.29. The van der Waals surface area contributed by atoms with E-state index < -0.39 is 0 Å². The molecule has 1 rings (SSSR count). The average Bonchev–Trinajstić information content (AvgIpc) is 2.29. The minimum atomic E-state index is 0.165. The first kappa shape index (κ1) is 16.9. The SMILES string of the molecule is CC(C)C(CNC(C)(C)C)OCC1CCCCN1C. The third kappa shape index (κ3) is 6.73. The molecule has 0 spiro atoms. The van der Waals surface area contributed by atoms with Crippen molar-refractivity contribution in [1.29, 1.82) is 0 Å². The molecule has 1 heterocycles. The van der Waals surface area contributed by atoms with E-state index in [0.29, 0.717) is 18.1 Å². The van der Waals surface area contributed by atoms with Crippen molar-refractivity contribution < 1.29 is 4.74 Å². The van der Waals surface area contributed by atoms with Gasteiger partial charge in [0, 0.05) is 18.1 Å². The number of piperidine rings is 1. The van der Waals surface area contributed by atoms with Crippen LogP contribution in [0.5, 0.6) is 0 Å². The van der Waals surface area contributed by atoms with Gasteiger partial charge >= 0.3 is 0 Å². The Morgan fingerprint density at radius 1 is 1.26 bits per heavy atom. The van der Waals surface area contributed by atoms with Gasteiger partial charge in [-0.1, -0.05) is 20.3 Å². The molecule has 0 aromatic heterocycles. The molecule has 3 heteroatoms. The summed E-state index contributed by atoms with van der Waals surface area (Å²) >= 11 is 0. The summed E-state index contributed by atoms with van der Waals surface area (Å²) in [5.74, 6) is 0.559. The third-order valence-corrected chi connectivity index (χ3v) is 4.00. The predicted octanol–water partition coefficient (Wildman–Crippen LogP) is 2.90. The Bertz CT molecular complexity index is 248. The Kier molecular flexibility index (Phi) is 6.78. The average molecular weight is 270 g/mol. The van der Waals surface area contributed by atoms with Crippen molar-refractivity contribution in [3.63, 3.8) is 0 Å². The minimum Gasteiger partial charge on any atom is -0.375 e. The molecule has 1 saturated heterocycles. The zero-order valence-electron chi connectivity index (χ0n) is 13.8. The normalized spacial score (nSPS) is 23.8. The first-order chi connectivity index (χ1) is 8.79. The van der Waals surface area contributed by atoms with E-state index in [4.69, 9.17) is 4.74 Å². The van der Waals surface area contributed by atoms with E-state index in [9.17, 15) is 0 Å². The summed E-state index contributed by atoms with van der Waals surface area (Å²) in [7, 11) is 2.23. The lowest BCUT2D eigenvalue weighted by atomic mass is 10.0. The van der Waals surface area contributed by atoms with Gasteiger partial charge in [-0.15, -0.1) is 0 Å². The Morgan fingerprint density at radius 2 is 1.95 bits per heavy atom. The van der Waals surface area contributed by atoms with Gasteiger partial charge in [0.05, 0.1) is 12.7 Å². The number of ether oxygens (including phenoxy) is 1. The van der Waals surface area contributed by atoms with Crippen molar-refractivity contribution in [2.75, 3.05) is 26.7 Å². The van der Waals surface area contributed by atoms with Crippen LogP contribution in [0.1, 0.15) is 53.9 Å². The van der Waals surface area contributed by atoms with Crippen molar-refractivity contribution in [3.05, 3.63) is 0 Å². The molecule has 2 atom stereocenters. The molecular formula is C16H34N2O. The standard InChI is InChI=1S/C16H34N2O/c1-13(2)15(11-17-16(3,4)5)19-12-14-9-7-8-10-18(14)6/h13-15,17H,7-12H2,1-6H3.